The van der Waals surface area contributed by atoms with Gasteiger partial charge in [-0.2, -0.15) is 0 Å². The fraction of sp³-hybridized carbons (Fsp3) is 0.556. The zero-order chi connectivity index (χ0) is 20.3. The minimum atomic E-state index is 0. The van der Waals surface area contributed by atoms with Gasteiger partial charge in [-0.25, -0.2) is 0 Å². The normalized spacial score (nSPS) is 10.0. The minimum Gasteiger partial charge on any atom is -0.313 e. The molecular formula is C27H44ClN. The zero-order valence-corrected chi connectivity index (χ0v) is 19.9. The molecule has 0 fully saturated rings. The second-order valence-electron chi connectivity index (χ2n) is 8.00. The number of nitrogens with one attached hydrogen (secondary N) is 1. The fourth-order valence-electron chi connectivity index (χ4n) is 3.20. The number of halogens is 1. The van der Waals surface area contributed by atoms with Crippen LogP contribution >= 0.6 is 12.4 Å². The van der Waals surface area contributed by atoms with Crippen molar-refractivity contribution < 1.29 is 0 Å². The molecule has 2 rings (SSSR count). The largest absolute Gasteiger partial charge is 0.313 e. The molecule has 0 aliphatic carbocycles. The Labute approximate surface area is 187 Å². The summed E-state index contributed by atoms with van der Waals surface area (Å²) < 4.78 is 0. The molecule has 0 atom stereocenters. The predicted octanol–water partition coefficient (Wildman–Crippen LogP) is 8.42. The lowest BCUT2D eigenvalue weighted by Crippen LogP contribution is -2.14. The molecule has 0 bridgehead atoms. The third-order valence-electron chi connectivity index (χ3n) is 5.10. The van der Waals surface area contributed by atoms with Gasteiger partial charge in [-0.3, -0.25) is 0 Å². The van der Waals surface area contributed by atoms with Gasteiger partial charge < -0.3 is 5.32 Å². The van der Waals surface area contributed by atoms with Crippen LogP contribution in [0.5, 0.6) is 0 Å². The van der Waals surface area contributed by atoms with Crippen molar-refractivity contribution in [3.8, 4) is 0 Å². The van der Waals surface area contributed by atoms with Crippen molar-refractivity contribution in [1.82, 2.24) is 5.32 Å². The molecule has 0 heterocycles. The van der Waals surface area contributed by atoms with Gasteiger partial charge in [0.25, 0.3) is 0 Å². The predicted molar refractivity (Wildman–Crippen MR) is 133 cm³/mol. The summed E-state index contributed by atoms with van der Waals surface area (Å²) in [5, 5.41) is 3.53. The van der Waals surface area contributed by atoms with E-state index in [0.717, 1.165) is 13.1 Å². The van der Waals surface area contributed by atoms with Crippen LogP contribution in [0.3, 0.4) is 0 Å². The Balaban J connectivity index is 0.000000729. The van der Waals surface area contributed by atoms with Crippen molar-refractivity contribution in [2.24, 2.45) is 0 Å². The SMILES string of the molecule is CCCCCCCCCCCCNCc1ccccc1.Cc1ccc(C)cc1.Cl. The highest BCUT2D eigenvalue weighted by Gasteiger charge is 1.93. The van der Waals surface area contributed by atoms with Crippen molar-refractivity contribution in [2.75, 3.05) is 6.54 Å². The standard InChI is InChI=1S/C19H33N.C8H10.ClH/c1-2-3-4-5-6-7-8-9-10-14-17-20-18-19-15-12-11-13-16-19;1-7-3-5-8(2)6-4-7;/h11-13,15-16,20H,2-10,14,17-18H2,1H3;3-6H,1-2H3;1H. The molecule has 164 valence electrons. The van der Waals surface area contributed by atoms with Crippen LogP contribution in [0.1, 0.15) is 87.8 Å². The van der Waals surface area contributed by atoms with Gasteiger partial charge in [0, 0.05) is 6.54 Å². The average Bonchev–Trinajstić information content (AvgIpc) is 2.72. The second kappa shape index (κ2) is 20.0. The molecule has 0 aliphatic heterocycles. The highest BCUT2D eigenvalue weighted by atomic mass is 35.5. The van der Waals surface area contributed by atoms with E-state index in [2.05, 4.69) is 80.7 Å². The van der Waals surface area contributed by atoms with Gasteiger partial charge in [-0.05, 0) is 32.4 Å². The molecule has 1 N–H and O–H groups in total. The molecule has 2 aromatic rings. The summed E-state index contributed by atoms with van der Waals surface area (Å²) in [5.74, 6) is 0. The van der Waals surface area contributed by atoms with Crippen molar-refractivity contribution >= 4 is 12.4 Å². The molecule has 29 heavy (non-hydrogen) atoms. The van der Waals surface area contributed by atoms with Crippen LogP contribution in [-0.4, -0.2) is 6.54 Å². The summed E-state index contributed by atoms with van der Waals surface area (Å²) in [5.41, 5.74) is 4.05. The first kappa shape index (κ1) is 27.7. The number of hydrogen-bond acceptors (Lipinski definition) is 1. The van der Waals surface area contributed by atoms with E-state index in [9.17, 15) is 0 Å². The molecule has 1 nitrogen and oxygen atoms in total. The van der Waals surface area contributed by atoms with Gasteiger partial charge in [-0.15, -0.1) is 12.4 Å². The van der Waals surface area contributed by atoms with Crippen molar-refractivity contribution in [3.05, 3.63) is 71.3 Å². The Morgan fingerprint density at radius 1 is 0.586 bits per heavy atom. The molecule has 0 aliphatic rings. The van der Waals surface area contributed by atoms with Crippen molar-refractivity contribution in [3.63, 3.8) is 0 Å². The maximum atomic E-state index is 3.53. The number of unbranched alkanes of at least 4 members (excludes halogenated alkanes) is 9. The Hall–Kier alpha value is -1.31. The van der Waals surface area contributed by atoms with Crippen LogP contribution in [-0.2, 0) is 6.54 Å². The summed E-state index contributed by atoms with van der Waals surface area (Å²) in [6.45, 7) is 8.65. The highest BCUT2D eigenvalue weighted by Crippen LogP contribution is 2.10. The van der Waals surface area contributed by atoms with E-state index in [1.54, 1.807) is 0 Å². The maximum Gasteiger partial charge on any atom is 0.0205 e. The third-order valence-corrected chi connectivity index (χ3v) is 5.10. The quantitative estimate of drug-likeness (QED) is 0.322. The lowest BCUT2D eigenvalue weighted by Gasteiger charge is -2.05. The number of benzene rings is 2. The summed E-state index contributed by atoms with van der Waals surface area (Å²) >= 11 is 0. The third kappa shape index (κ3) is 17.3. The van der Waals surface area contributed by atoms with Gasteiger partial charge in [0.2, 0.25) is 0 Å². The molecule has 0 saturated heterocycles. The van der Waals surface area contributed by atoms with Gasteiger partial charge in [0.05, 0.1) is 0 Å². The zero-order valence-electron chi connectivity index (χ0n) is 19.1. The van der Waals surface area contributed by atoms with Crippen molar-refractivity contribution in [2.45, 2.75) is 91.5 Å². The molecule has 2 heteroatoms. The van der Waals surface area contributed by atoms with E-state index in [1.807, 2.05) is 0 Å². The van der Waals surface area contributed by atoms with Crippen LogP contribution in [0.15, 0.2) is 54.6 Å². The Bertz CT molecular complexity index is 544. The Kier molecular flexibility index (Phi) is 19.1. The van der Waals surface area contributed by atoms with Gasteiger partial charge in [0.1, 0.15) is 0 Å². The molecule has 0 unspecified atom stereocenters. The van der Waals surface area contributed by atoms with E-state index < -0.39 is 0 Å². The van der Waals surface area contributed by atoms with Gasteiger partial charge in [-0.1, -0.05) is 130 Å². The maximum absolute atomic E-state index is 3.53. The van der Waals surface area contributed by atoms with Crippen LogP contribution in [0, 0.1) is 13.8 Å². The highest BCUT2D eigenvalue weighted by molar-refractivity contribution is 5.85. The van der Waals surface area contributed by atoms with Gasteiger partial charge >= 0.3 is 0 Å². The molecule has 2 aromatic carbocycles. The van der Waals surface area contributed by atoms with Crippen LogP contribution in [0.2, 0.25) is 0 Å². The molecule has 0 spiro atoms. The summed E-state index contributed by atoms with van der Waals surface area (Å²) in [7, 11) is 0. The van der Waals surface area contributed by atoms with Crippen LogP contribution in [0.25, 0.3) is 0 Å². The fourth-order valence-corrected chi connectivity index (χ4v) is 3.20. The van der Waals surface area contributed by atoms with Crippen LogP contribution < -0.4 is 5.32 Å². The lowest BCUT2D eigenvalue weighted by atomic mass is 10.1. The number of hydrogen-bond donors (Lipinski definition) is 1. The monoisotopic (exact) mass is 417 g/mol. The number of aryl methyl sites for hydroxylation is 2. The van der Waals surface area contributed by atoms with E-state index in [-0.39, 0.29) is 12.4 Å². The smallest absolute Gasteiger partial charge is 0.0205 e. The molecule has 0 saturated carbocycles. The summed E-state index contributed by atoms with van der Waals surface area (Å²) in [6, 6.07) is 19.1. The minimum absolute atomic E-state index is 0. The Morgan fingerprint density at radius 3 is 1.52 bits per heavy atom. The van der Waals surface area contributed by atoms with E-state index in [4.69, 9.17) is 0 Å². The topological polar surface area (TPSA) is 12.0 Å². The second-order valence-corrected chi connectivity index (χ2v) is 8.00. The Morgan fingerprint density at radius 2 is 1.03 bits per heavy atom. The van der Waals surface area contributed by atoms with Gasteiger partial charge in [0.15, 0.2) is 0 Å². The van der Waals surface area contributed by atoms with E-state index in [0.29, 0.717) is 0 Å². The average molecular weight is 418 g/mol. The first-order chi connectivity index (χ1) is 13.7. The summed E-state index contributed by atoms with van der Waals surface area (Å²) in [4.78, 5) is 0. The molecule has 0 aromatic heterocycles. The van der Waals surface area contributed by atoms with E-state index >= 15 is 0 Å². The van der Waals surface area contributed by atoms with Crippen molar-refractivity contribution in [1.29, 1.82) is 0 Å². The lowest BCUT2D eigenvalue weighted by molar-refractivity contribution is 0.543. The molecule has 0 amide bonds. The number of rotatable bonds is 13. The van der Waals surface area contributed by atoms with E-state index in [1.165, 1.54) is 80.9 Å². The molecular weight excluding hydrogens is 374 g/mol. The first-order valence-corrected chi connectivity index (χ1v) is 11.5. The molecule has 0 radical (unpaired) electrons. The first-order valence-electron chi connectivity index (χ1n) is 11.5. The van der Waals surface area contributed by atoms with Crippen LogP contribution in [0.4, 0.5) is 0 Å². The summed E-state index contributed by atoms with van der Waals surface area (Å²) in [6.07, 6.45) is 14.1.